The van der Waals surface area contributed by atoms with E-state index in [0.717, 1.165) is 19.4 Å². The highest BCUT2D eigenvalue weighted by Crippen LogP contribution is 2.65. The summed E-state index contributed by atoms with van der Waals surface area (Å²) >= 11 is 0. The average molecular weight is 265 g/mol. The molecule has 4 nitrogen and oxygen atoms in total. The molecule has 0 spiro atoms. The number of likely N-dealkylation sites (tertiary alicyclic amines) is 1. The molecule has 3 aliphatic rings. The predicted molar refractivity (Wildman–Crippen MR) is 70.2 cm³/mol. The summed E-state index contributed by atoms with van der Waals surface area (Å²) in [7, 11) is 1.41. The van der Waals surface area contributed by atoms with Gasteiger partial charge in [-0.15, -0.1) is 0 Å². The van der Waals surface area contributed by atoms with Gasteiger partial charge in [0.25, 0.3) is 0 Å². The highest BCUT2D eigenvalue weighted by molar-refractivity contribution is 5.87. The molecule has 2 saturated carbocycles. The lowest BCUT2D eigenvalue weighted by atomic mass is 9.98. The van der Waals surface area contributed by atoms with Crippen LogP contribution in [0.25, 0.3) is 0 Å². The molecule has 1 amide bonds. The zero-order valence-corrected chi connectivity index (χ0v) is 12.2. The second-order valence-electron chi connectivity index (χ2n) is 7.04. The Morgan fingerprint density at radius 1 is 1.32 bits per heavy atom. The van der Waals surface area contributed by atoms with Crippen LogP contribution in [0, 0.1) is 29.1 Å². The zero-order valence-electron chi connectivity index (χ0n) is 12.2. The number of ether oxygens (including phenoxy) is 1. The first-order valence-corrected chi connectivity index (χ1v) is 7.28. The molecular formula is C15H23NO3. The van der Waals surface area contributed by atoms with Crippen molar-refractivity contribution in [2.45, 2.75) is 39.7 Å². The van der Waals surface area contributed by atoms with Gasteiger partial charge in [-0.25, -0.2) is 4.79 Å². The van der Waals surface area contributed by atoms with Gasteiger partial charge in [-0.1, -0.05) is 20.8 Å². The number of amides is 1. The molecule has 0 aromatic heterocycles. The van der Waals surface area contributed by atoms with Gasteiger partial charge in [0, 0.05) is 18.4 Å². The maximum Gasteiger partial charge on any atom is 0.328 e. The van der Waals surface area contributed by atoms with Gasteiger partial charge in [-0.05, 0) is 30.1 Å². The molecule has 0 unspecified atom stereocenters. The molecule has 1 heterocycles. The molecule has 4 heteroatoms. The fraction of sp³-hybridized carbons (Fsp3) is 0.867. The summed E-state index contributed by atoms with van der Waals surface area (Å²) in [5.41, 5.74) is 0.179. The van der Waals surface area contributed by atoms with Crippen LogP contribution in [0.2, 0.25) is 0 Å². The van der Waals surface area contributed by atoms with Gasteiger partial charge >= 0.3 is 5.97 Å². The zero-order chi connectivity index (χ0) is 13.9. The van der Waals surface area contributed by atoms with E-state index in [4.69, 9.17) is 4.74 Å². The largest absolute Gasteiger partial charge is 0.467 e. The maximum absolute atomic E-state index is 12.6. The van der Waals surface area contributed by atoms with E-state index in [1.165, 1.54) is 7.11 Å². The summed E-state index contributed by atoms with van der Waals surface area (Å²) in [5, 5.41) is 0. The first-order valence-electron chi connectivity index (χ1n) is 7.28. The minimum atomic E-state index is -0.348. The van der Waals surface area contributed by atoms with Gasteiger partial charge in [-0.2, -0.15) is 0 Å². The van der Waals surface area contributed by atoms with Crippen LogP contribution >= 0.6 is 0 Å². The smallest absolute Gasteiger partial charge is 0.328 e. The van der Waals surface area contributed by atoms with Crippen molar-refractivity contribution >= 4 is 11.9 Å². The lowest BCUT2D eigenvalue weighted by Gasteiger charge is -2.31. The van der Waals surface area contributed by atoms with Crippen molar-refractivity contribution in [2.24, 2.45) is 29.1 Å². The molecule has 3 rings (SSSR count). The molecule has 1 aliphatic heterocycles. The first kappa shape index (κ1) is 12.9. The van der Waals surface area contributed by atoms with E-state index in [1.54, 1.807) is 4.90 Å². The van der Waals surface area contributed by atoms with E-state index in [-0.39, 0.29) is 35.2 Å². The van der Waals surface area contributed by atoms with Crippen molar-refractivity contribution in [3.05, 3.63) is 0 Å². The van der Waals surface area contributed by atoms with Crippen LogP contribution in [0.15, 0.2) is 0 Å². The number of hydrogen-bond donors (Lipinski definition) is 0. The predicted octanol–water partition coefficient (Wildman–Crippen LogP) is 1.69. The van der Waals surface area contributed by atoms with Crippen LogP contribution in [0.4, 0.5) is 0 Å². The Balaban J connectivity index is 1.78. The van der Waals surface area contributed by atoms with Crippen molar-refractivity contribution < 1.29 is 14.3 Å². The number of piperidine rings is 1. The van der Waals surface area contributed by atoms with Gasteiger partial charge in [0.05, 0.1) is 7.11 Å². The van der Waals surface area contributed by atoms with Crippen LogP contribution < -0.4 is 0 Å². The molecule has 2 aliphatic carbocycles. The third kappa shape index (κ3) is 1.79. The van der Waals surface area contributed by atoms with Crippen LogP contribution in [0.3, 0.4) is 0 Å². The molecule has 1 saturated heterocycles. The molecule has 4 atom stereocenters. The summed E-state index contributed by atoms with van der Waals surface area (Å²) in [4.78, 5) is 26.4. The summed E-state index contributed by atoms with van der Waals surface area (Å²) in [6.45, 7) is 7.10. The van der Waals surface area contributed by atoms with Gasteiger partial charge in [0.2, 0.25) is 5.91 Å². The van der Waals surface area contributed by atoms with Crippen LogP contribution in [0.5, 0.6) is 0 Å². The van der Waals surface area contributed by atoms with Crippen molar-refractivity contribution in [3.8, 4) is 0 Å². The number of esters is 1. The van der Waals surface area contributed by atoms with Crippen molar-refractivity contribution in [2.75, 3.05) is 13.7 Å². The Hall–Kier alpha value is -1.06. The SMILES string of the molecule is COC(=O)[C@@H]1[C@@H]2[C@H](CN1C(=O)[C@@H](C)C1CC1)C2(C)C. The van der Waals surface area contributed by atoms with Gasteiger partial charge in [0.15, 0.2) is 0 Å². The normalized spacial score (nSPS) is 36.6. The summed E-state index contributed by atoms with van der Waals surface area (Å²) in [5.74, 6) is 1.26. The topological polar surface area (TPSA) is 46.6 Å². The number of nitrogens with zero attached hydrogens (tertiary/aromatic N) is 1. The Kier molecular flexibility index (Phi) is 2.70. The van der Waals surface area contributed by atoms with Crippen LogP contribution in [-0.4, -0.2) is 36.5 Å². The number of rotatable bonds is 3. The molecule has 0 aromatic carbocycles. The second kappa shape index (κ2) is 3.97. The third-order valence-corrected chi connectivity index (χ3v) is 5.65. The lowest BCUT2D eigenvalue weighted by molar-refractivity contribution is -0.154. The third-order valence-electron chi connectivity index (χ3n) is 5.65. The fourth-order valence-electron chi connectivity index (χ4n) is 3.96. The van der Waals surface area contributed by atoms with Gasteiger partial charge in [0.1, 0.15) is 6.04 Å². The number of carbonyl (C=O) groups is 2. The summed E-state index contributed by atoms with van der Waals surface area (Å²) < 4.78 is 4.93. The van der Waals surface area contributed by atoms with Crippen LogP contribution in [-0.2, 0) is 14.3 Å². The fourth-order valence-corrected chi connectivity index (χ4v) is 3.96. The van der Waals surface area contributed by atoms with Crippen LogP contribution in [0.1, 0.15) is 33.6 Å². The number of fused-ring (bicyclic) bond motifs is 1. The Bertz CT molecular complexity index is 427. The van der Waals surface area contributed by atoms with E-state index in [2.05, 4.69) is 13.8 Å². The Morgan fingerprint density at radius 2 is 1.95 bits per heavy atom. The molecule has 0 aromatic rings. The van der Waals surface area contributed by atoms with E-state index < -0.39 is 0 Å². The molecule has 0 bridgehead atoms. The van der Waals surface area contributed by atoms with Crippen molar-refractivity contribution in [1.29, 1.82) is 0 Å². The summed E-state index contributed by atoms with van der Waals surface area (Å²) in [6.07, 6.45) is 2.31. The quantitative estimate of drug-likeness (QED) is 0.730. The van der Waals surface area contributed by atoms with E-state index in [0.29, 0.717) is 11.8 Å². The minimum Gasteiger partial charge on any atom is -0.467 e. The van der Waals surface area contributed by atoms with E-state index in [1.807, 2.05) is 6.92 Å². The lowest BCUT2D eigenvalue weighted by Crippen LogP contribution is -2.48. The molecule has 3 fully saturated rings. The second-order valence-corrected chi connectivity index (χ2v) is 7.04. The van der Waals surface area contributed by atoms with Gasteiger partial charge in [-0.3, -0.25) is 4.79 Å². The average Bonchev–Trinajstić information content (AvgIpc) is 3.24. The number of carbonyl (C=O) groups excluding carboxylic acids is 2. The first-order chi connectivity index (χ1) is 8.89. The maximum atomic E-state index is 12.6. The highest BCUT2D eigenvalue weighted by atomic mass is 16.5. The molecule has 0 N–H and O–H groups in total. The number of hydrogen-bond acceptors (Lipinski definition) is 3. The molecule has 106 valence electrons. The van der Waals surface area contributed by atoms with E-state index >= 15 is 0 Å². The Labute approximate surface area is 114 Å². The minimum absolute atomic E-state index is 0.0627. The van der Waals surface area contributed by atoms with Crippen molar-refractivity contribution in [1.82, 2.24) is 4.90 Å². The molecule has 19 heavy (non-hydrogen) atoms. The van der Waals surface area contributed by atoms with Crippen molar-refractivity contribution in [3.63, 3.8) is 0 Å². The highest BCUT2D eigenvalue weighted by Gasteiger charge is 2.70. The standard InChI is InChI=1S/C15H23NO3/c1-8(9-5-6-9)13(17)16-7-10-11(15(10,2)3)12(16)14(18)19-4/h8-12H,5-7H2,1-4H3/t8-,10-,11-,12-/m0/s1. The Morgan fingerprint density at radius 3 is 2.47 bits per heavy atom. The summed E-state index contributed by atoms with van der Waals surface area (Å²) in [6, 6.07) is -0.348. The molecular weight excluding hydrogens is 242 g/mol. The monoisotopic (exact) mass is 265 g/mol. The molecule has 0 radical (unpaired) electrons. The van der Waals surface area contributed by atoms with Gasteiger partial charge < -0.3 is 9.64 Å². The van der Waals surface area contributed by atoms with E-state index in [9.17, 15) is 9.59 Å². The number of methoxy groups -OCH3 is 1.